The van der Waals surface area contributed by atoms with Crippen molar-refractivity contribution < 1.29 is 19.1 Å². The van der Waals surface area contributed by atoms with Gasteiger partial charge < -0.3 is 19.3 Å². The van der Waals surface area contributed by atoms with E-state index in [4.69, 9.17) is 16.3 Å². The first-order valence-corrected chi connectivity index (χ1v) is 9.00. The van der Waals surface area contributed by atoms with Crippen molar-refractivity contribution in [1.82, 2.24) is 9.80 Å². The number of carbonyl (C=O) groups excluding carboxylic acids is 3. The van der Waals surface area contributed by atoms with Gasteiger partial charge in [-0.05, 0) is 31.4 Å². The Labute approximate surface area is 150 Å². The van der Waals surface area contributed by atoms with E-state index in [1.165, 1.54) is 9.80 Å². The van der Waals surface area contributed by atoms with E-state index in [1.807, 2.05) is 0 Å². The molecule has 24 heavy (non-hydrogen) atoms. The quantitative estimate of drug-likeness (QED) is 0.281. The summed E-state index contributed by atoms with van der Waals surface area (Å²) in [4.78, 5) is 36.1. The van der Waals surface area contributed by atoms with Gasteiger partial charge in [0.25, 0.3) is 0 Å². The monoisotopic (exact) mass is 362 g/mol. The number of hydrogen-bond donors (Lipinski definition) is 0. The third-order valence-electron chi connectivity index (χ3n) is 3.78. The molecule has 0 spiro atoms. The molecule has 0 aromatic heterocycles. The van der Waals surface area contributed by atoms with E-state index >= 15 is 0 Å². The van der Waals surface area contributed by atoms with E-state index in [1.54, 1.807) is 21.0 Å². The first kappa shape index (κ1) is 22.7. The molecule has 0 aliphatic carbocycles. The van der Waals surface area contributed by atoms with E-state index in [2.05, 4.69) is 0 Å². The summed E-state index contributed by atoms with van der Waals surface area (Å²) in [6, 6.07) is 0. The molecule has 0 aromatic carbocycles. The third-order valence-corrected chi connectivity index (χ3v) is 4.07. The molecule has 0 saturated heterocycles. The first-order valence-electron chi connectivity index (χ1n) is 8.62. The maximum Gasteiger partial charge on any atom is 0.409 e. The minimum Gasteiger partial charge on any atom is -0.449 e. The van der Waals surface area contributed by atoms with Crippen LogP contribution in [0.5, 0.6) is 0 Å². The van der Waals surface area contributed by atoms with E-state index in [-0.39, 0.29) is 11.9 Å². The van der Waals surface area contributed by atoms with E-state index in [9.17, 15) is 14.4 Å². The summed E-state index contributed by atoms with van der Waals surface area (Å²) in [5.41, 5.74) is 0. The fourth-order valence-electron chi connectivity index (χ4n) is 2.11. The largest absolute Gasteiger partial charge is 0.449 e. The van der Waals surface area contributed by atoms with Gasteiger partial charge in [0, 0.05) is 33.6 Å². The molecule has 0 bridgehead atoms. The Bertz CT molecular complexity index is 391. The summed E-state index contributed by atoms with van der Waals surface area (Å²) in [7, 11) is 3.21. The number of ketones is 1. The van der Waals surface area contributed by atoms with Crippen LogP contribution < -0.4 is 0 Å². The molecule has 0 atom stereocenters. The predicted molar refractivity (Wildman–Crippen MR) is 95.5 cm³/mol. The van der Waals surface area contributed by atoms with Crippen molar-refractivity contribution in [2.75, 3.05) is 33.8 Å². The van der Waals surface area contributed by atoms with Gasteiger partial charge in [-0.25, -0.2) is 4.79 Å². The number of unbranched alkanes of at least 4 members (excludes halogenated alkanes) is 6. The van der Waals surface area contributed by atoms with Crippen LogP contribution in [0.25, 0.3) is 0 Å². The molecule has 0 fully saturated rings. The minimum absolute atomic E-state index is 0.266. The van der Waals surface area contributed by atoms with Crippen molar-refractivity contribution in [3.8, 4) is 0 Å². The highest BCUT2D eigenvalue weighted by molar-refractivity contribution is 6.62. The standard InChI is InChI=1S/C17H31ClN2O4/c1-15(21)11-9-7-5-4-6-8-10-14-24-17(23)20(3)13-12-19(2)16(18)22/h4-14H2,1-3H3. The molecular weight excluding hydrogens is 332 g/mol. The van der Waals surface area contributed by atoms with Crippen LogP contribution >= 0.6 is 11.6 Å². The van der Waals surface area contributed by atoms with Gasteiger partial charge in [-0.3, -0.25) is 4.79 Å². The first-order chi connectivity index (χ1) is 11.3. The van der Waals surface area contributed by atoms with Crippen molar-refractivity contribution in [3.63, 3.8) is 0 Å². The Balaban J connectivity index is 3.48. The fourth-order valence-corrected chi connectivity index (χ4v) is 2.19. The predicted octanol–water partition coefficient (Wildman–Crippen LogP) is 4.06. The summed E-state index contributed by atoms with van der Waals surface area (Å²) in [6.45, 7) is 2.80. The summed E-state index contributed by atoms with van der Waals surface area (Å²) in [6.07, 6.45) is 7.74. The number of Topliss-reactive ketones (excluding diaryl/α,β-unsaturated/α-hetero) is 1. The number of carbonyl (C=O) groups is 3. The molecule has 0 unspecified atom stereocenters. The lowest BCUT2D eigenvalue weighted by Gasteiger charge is -2.20. The van der Waals surface area contributed by atoms with Crippen LogP contribution in [-0.2, 0) is 9.53 Å². The minimum atomic E-state index is -0.543. The van der Waals surface area contributed by atoms with Gasteiger partial charge in [0.15, 0.2) is 0 Å². The van der Waals surface area contributed by atoms with Crippen LogP contribution in [0.3, 0.4) is 0 Å². The third kappa shape index (κ3) is 13.2. The highest BCUT2D eigenvalue weighted by atomic mass is 35.5. The lowest BCUT2D eigenvalue weighted by molar-refractivity contribution is -0.117. The number of amides is 2. The van der Waals surface area contributed by atoms with Crippen LogP contribution in [0, 0.1) is 0 Å². The van der Waals surface area contributed by atoms with Gasteiger partial charge in [0.2, 0.25) is 0 Å². The zero-order valence-electron chi connectivity index (χ0n) is 15.2. The molecule has 0 aromatic rings. The Hall–Kier alpha value is -1.30. The van der Waals surface area contributed by atoms with E-state index < -0.39 is 5.37 Å². The smallest absolute Gasteiger partial charge is 0.409 e. The molecule has 0 rings (SSSR count). The number of halogens is 1. The highest BCUT2D eigenvalue weighted by Gasteiger charge is 2.12. The molecule has 0 N–H and O–H groups in total. The van der Waals surface area contributed by atoms with Crippen LogP contribution in [-0.4, -0.2) is 60.8 Å². The zero-order chi connectivity index (χ0) is 18.4. The Morgan fingerprint density at radius 2 is 1.33 bits per heavy atom. The average molecular weight is 363 g/mol. The van der Waals surface area contributed by atoms with Crippen molar-refractivity contribution in [2.24, 2.45) is 0 Å². The Morgan fingerprint density at radius 3 is 1.88 bits per heavy atom. The molecule has 140 valence electrons. The molecule has 0 aliphatic rings. The highest BCUT2D eigenvalue weighted by Crippen LogP contribution is 2.09. The van der Waals surface area contributed by atoms with Crippen molar-refractivity contribution >= 4 is 28.8 Å². The van der Waals surface area contributed by atoms with Crippen molar-refractivity contribution in [3.05, 3.63) is 0 Å². The summed E-state index contributed by atoms with van der Waals surface area (Å²) in [5, 5.41) is -0.543. The van der Waals surface area contributed by atoms with Gasteiger partial charge in [-0.15, -0.1) is 0 Å². The average Bonchev–Trinajstić information content (AvgIpc) is 2.53. The van der Waals surface area contributed by atoms with Gasteiger partial charge in [-0.2, -0.15) is 0 Å². The second kappa shape index (κ2) is 14.1. The summed E-state index contributed by atoms with van der Waals surface area (Å²) < 4.78 is 5.18. The lowest BCUT2D eigenvalue weighted by Crippen LogP contribution is -2.36. The summed E-state index contributed by atoms with van der Waals surface area (Å²) >= 11 is 5.31. The normalized spacial score (nSPS) is 10.3. The number of hydrogen-bond acceptors (Lipinski definition) is 4. The van der Waals surface area contributed by atoms with Crippen LogP contribution in [0.2, 0.25) is 0 Å². The zero-order valence-corrected chi connectivity index (χ0v) is 15.9. The van der Waals surface area contributed by atoms with Crippen LogP contribution in [0.15, 0.2) is 0 Å². The maximum absolute atomic E-state index is 11.7. The Morgan fingerprint density at radius 1 is 0.833 bits per heavy atom. The van der Waals surface area contributed by atoms with Crippen molar-refractivity contribution in [1.29, 1.82) is 0 Å². The molecule has 0 aliphatic heterocycles. The van der Waals surface area contributed by atoms with Gasteiger partial charge in [-0.1, -0.05) is 32.1 Å². The SMILES string of the molecule is CC(=O)CCCCCCCCCOC(=O)N(C)CCN(C)C(=O)Cl. The molecule has 0 heterocycles. The lowest BCUT2D eigenvalue weighted by atomic mass is 10.1. The Kier molecular flexibility index (Phi) is 13.3. The number of nitrogens with zero attached hydrogens (tertiary/aromatic N) is 2. The number of rotatable bonds is 13. The fraction of sp³-hybridized carbons (Fsp3) is 0.824. The second-order valence-electron chi connectivity index (χ2n) is 6.14. The van der Waals surface area contributed by atoms with E-state index in [0.717, 1.165) is 44.9 Å². The number of likely N-dealkylation sites (N-methyl/N-ethyl adjacent to an activating group) is 2. The molecule has 7 heteroatoms. The van der Waals surface area contributed by atoms with Gasteiger partial charge >= 0.3 is 11.5 Å². The molecule has 6 nitrogen and oxygen atoms in total. The number of ether oxygens (including phenoxy) is 1. The second-order valence-corrected chi connectivity index (χ2v) is 6.46. The van der Waals surface area contributed by atoms with Gasteiger partial charge in [0.05, 0.1) is 6.61 Å². The molecule has 0 saturated carbocycles. The molecule has 2 amide bonds. The maximum atomic E-state index is 11.7. The molecular formula is C17H31ClN2O4. The van der Waals surface area contributed by atoms with Gasteiger partial charge in [0.1, 0.15) is 5.78 Å². The molecule has 0 radical (unpaired) electrons. The van der Waals surface area contributed by atoms with E-state index in [0.29, 0.717) is 26.1 Å². The van der Waals surface area contributed by atoms with Crippen LogP contribution in [0.1, 0.15) is 58.3 Å². The van der Waals surface area contributed by atoms with Crippen molar-refractivity contribution in [2.45, 2.75) is 58.3 Å². The summed E-state index contributed by atoms with van der Waals surface area (Å²) in [5.74, 6) is 0.266. The topological polar surface area (TPSA) is 66.9 Å². The van der Waals surface area contributed by atoms with Crippen LogP contribution in [0.4, 0.5) is 9.59 Å².